The SMILES string of the molecule is Cc1ccccc1NC(=S)NC[C@H](C)N1CCc2ccccc2C1. The number of hydrogen-bond acceptors (Lipinski definition) is 2. The van der Waals surface area contributed by atoms with Crippen molar-refractivity contribution in [1.29, 1.82) is 0 Å². The zero-order chi connectivity index (χ0) is 16.9. The van der Waals surface area contributed by atoms with E-state index in [1.165, 1.54) is 16.7 Å². The highest BCUT2D eigenvalue weighted by molar-refractivity contribution is 7.80. The van der Waals surface area contributed by atoms with Crippen molar-refractivity contribution >= 4 is 23.0 Å². The number of benzene rings is 2. The number of nitrogens with one attached hydrogen (secondary N) is 2. The van der Waals surface area contributed by atoms with Gasteiger partial charge >= 0.3 is 0 Å². The average Bonchev–Trinajstić information content (AvgIpc) is 2.61. The molecule has 0 saturated carbocycles. The van der Waals surface area contributed by atoms with Gasteiger partial charge < -0.3 is 10.6 Å². The maximum absolute atomic E-state index is 5.44. The molecular formula is C20H25N3S. The molecule has 126 valence electrons. The largest absolute Gasteiger partial charge is 0.361 e. The van der Waals surface area contributed by atoms with E-state index < -0.39 is 0 Å². The summed E-state index contributed by atoms with van der Waals surface area (Å²) in [7, 11) is 0. The zero-order valence-corrected chi connectivity index (χ0v) is 15.2. The molecular weight excluding hydrogens is 314 g/mol. The van der Waals surface area contributed by atoms with Crippen LogP contribution in [0.15, 0.2) is 48.5 Å². The summed E-state index contributed by atoms with van der Waals surface area (Å²) in [5.41, 5.74) is 5.21. The lowest BCUT2D eigenvalue weighted by Gasteiger charge is -2.34. The lowest BCUT2D eigenvalue weighted by Crippen LogP contribution is -2.45. The normalized spacial score (nSPS) is 15.4. The molecule has 4 heteroatoms. The van der Waals surface area contributed by atoms with Gasteiger partial charge in [0, 0.05) is 31.4 Å². The monoisotopic (exact) mass is 339 g/mol. The molecule has 2 N–H and O–H groups in total. The fourth-order valence-electron chi connectivity index (χ4n) is 3.14. The van der Waals surface area contributed by atoms with Gasteiger partial charge in [-0.15, -0.1) is 0 Å². The Morgan fingerprint density at radius 2 is 1.83 bits per heavy atom. The molecule has 3 rings (SSSR count). The van der Waals surface area contributed by atoms with Crippen LogP contribution in [0.25, 0.3) is 0 Å². The van der Waals surface area contributed by atoms with E-state index in [1.807, 2.05) is 18.2 Å². The van der Waals surface area contributed by atoms with Crippen LogP contribution >= 0.6 is 12.2 Å². The summed E-state index contributed by atoms with van der Waals surface area (Å²) in [6.45, 7) is 7.32. The fraction of sp³-hybridized carbons (Fsp3) is 0.350. The topological polar surface area (TPSA) is 27.3 Å². The lowest BCUT2D eigenvalue weighted by atomic mass is 9.99. The van der Waals surface area contributed by atoms with Crippen molar-refractivity contribution in [2.75, 3.05) is 18.4 Å². The molecule has 0 aliphatic carbocycles. The highest BCUT2D eigenvalue weighted by Crippen LogP contribution is 2.20. The molecule has 1 heterocycles. The van der Waals surface area contributed by atoms with Crippen molar-refractivity contribution in [3.8, 4) is 0 Å². The Labute approximate surface area is 150 Å². The van der Waals surface area contributed by atoms with Crippen LogP contribution in [-0.2, 0) is 13.0 Å². The molecule has 0 saturated heterocycles. The van der Waals surface area contributed by atoms with Crippen molar-refractivity contribution in [2.45, 2.75) is 32.9 Å². The van der Waals surface area contributed by atoms with Crippen LogP contribution in [0.1, 0.15) is 23.6 Å². The van der Waals surface area contributed by atoms with Gasteiger partial charge in [-0.25, -0.2) is 0 Å². The van der Waals surface area contributed by atoms with Crippen LogP contribution in [0.4, 0.5) is 5.69 Å². The van der Waals surface area contributed by atoms with E-state index in [9.17, 15) is 0 Å². The van der Waals surface area contributed by atoms with Crippen LogP contribution < -0.4 is 10.6 Å². The number of anilines is 1. The molecule has 0 unspecified atom stereocenters. The lowest BCUT2D eigenvalue weighted by molar-refractivity contribution is 0.191. The van der Waals surface area contributed by atoms with Crippen molar-refractivity contribution < 1.29 is 0 Å². The number of rotatable bonds is 4. The fourth-order valence-corrected chi connectivity index (χ4v) is 3.34. The van der Waals surface area contributed by atoms with Crippen molar-refractivity contribution in [1.82, 2.24) is 10.2 Å². The highest BCUT2D eigenvalue weighted by atomic mass is 32.1. The van der Waals surface area contributed by atoms with Crippen molar-refractivity contribution in [3.63, 3.8) is 0 Å². The molecule has 1 atom stereocenters. The van der Waals surface area contributed by atoms with Crippen molar-refractivity contribution in [3.05, 3.63) is 65.2 Å². The smallest absolute Gasteiger partial charge is 0.170 e. The Kier molecular flexibility index (Phi) is 5.48. The van der Waals surface area contributed by atoms with E-state index in [1.54, 1.807) is 0 Å². The van der Waals surface area contributed by atoms with Crippen LogP contribution in [-0.4, -0.2) is 29.1 Å². The maximum atomic E-state index is 5.44. The Morgan fingerprint density at radius 3 is 2.62 bits per heavy atom. The zero-order valence-electron chi connectivity index (χ0n) is 14.4. The molecule has 1 aliphatic rings. The van der Waals surface area contributed by atoms with Crippen LogP contribution in [0.5, 0.6) is 0 Å². The first-order valence-electron chi connectivity index (χ1n) is 8.55. The first-order chi connectivity index (χ1) is 11.6. The molecule has 1 aliphatic heterocycles. The molecule has 0 spiro atoms. The second-order valence-electron chi connectivity index (χ2n) is 6.49. The summed E-state index contributed by atoms with van der Waals surface area (Å²) in [5.74, 6) is 0. The van der Waals surface area contributed by atoms with Gasteiger partial charge in [-0.1, -0.05) is 42.5 Å². The standard InChI is InChI=1S/C20H25N3S/c1-15-7-3-6-10-19(15)22-20(24)21-13-16(2)23-12-11-17-8-4-5-9-18(17)14-23/h3-10,16H,11-14H2,1-2H3,(H2,21,22,24)/t16-/m0/s1. The third kappa shape index (κ3) is 4.13. The van der Waals surface area contributed by atoms with Gasteiger partial charge in [0.05, 0.1) is 0 Å². The first kappa shape index (κ1) is 16.9. The van der Waals surface area contributed by atoms with E-state index in [4.69, 9.17) is 12.2 Å². The third-order valence-electron chi connectivity index (χ3n) is 4.73. The molecule has 2 aromatic rings. The van der Waals surface area contributed by atoms with E-state index in [0.29, 0.717) is 11.2 Å². The molecule has 0 aromatic heterocycles. The highest BCUT2D eigenvalue weighted by Gasteiger charge is 2.20. The van der Waals surface area contributed by atoms with Gasteiger partial charge in [0.1, 0.15) is 0 Å². The minimum Gasteiger partial charge on any atom is -0.361 e. The molecule has 0 fully saturated rings. The van der Waals surface area contributed by atoms with Crippen LogP contribution in [0.3, 0.4) is 0 Å². The number of hydrogen-bond donors (Lipinski definition) is 2. The summed E-state index contributed by atoms with van der Waals surface area (Å²) >= 11 is 5.44. The van der Waals surface area contributed by atoms with Gasteiger partial charge in [0.25, 0.3) is 0 Å². The van der Waals surface area contributed by atoms with Gasteiger partial charge in [-0.2, -0.15) is 0 Å². The molecule has 24 heavy (non-hydrogen) atoms. The summed E-state index contributed by atoms with van der Waals surface area (Å²) in [4.78, 5) is 2.52. The molecule has 0 radical (unpaired) electrons. The number of para-hydroxylation sites is 1. The van der Waals surface area contributed by atoms with E-state index in [0.717, 1.165) is 31.7 Å². The van der Waals surface area contributed by atoms with E-state index >= 15 is 0 Å². The number of aryl methyl sites for hydroxylation is 1. The molecule has 0 bridgehead atoms. The third-order valence-corrected chi connectivity index (χ3v) is 4.98. The molecule has 3 nitrogen and oxygen atoms in total. The second kappa shape index (κ2) is 7.77. The summed E-state index contributed by atoms with van der Waals surface area (Å²) in [6.07, 6.45) is 1.13. The van der Waals surface area contributed by atoms with E-state index in [-0.39, 0.29) is 0 Å². The quantitative estimate of drug-likeness (QED) is 0.830. The summed E-state index contributed by atoms with van der Waals surface area (Å²) in [6, 6.07) is 17.4. The first-order valence-corrected chi connectivity index (χ1v) is 8.95. The van der Waals surface area contributed by atoms with Gasteiger partial charge in [-0.3, -0.25) is 4.90 Å². The van der Waals surface area contributed by atoms with Gasteiger partial charge in [0.2, 0.25) is 0 Å². The minimum atomic E-state index is 0.440. The van der Waals surface area contributed by atoms with Gasteiger partial charge in [-0.05, 0) is 55.2 Å². The summed E-state index contributed by atoms with van der Waals surface area (Å²) in [5, 5.41) is 7.33. The maximum Gasteiger partial charge on any atom is 0.170 e. The predicted molar refractivity (Wildman–Crippen MR) is 105 cm³/mol. The van der Waals surface area contributed by atoms with Gasteiger partial charge in [0.15, 0.2) is 5.11 Å². The van der Waals surface area contributed by atoms with Crippen LogP contribution in [0.2, 0.25) is 0 Å². The van der Waals surface area contributed by atoms with Crippen molar-refractivity contribution in [2.24, 2.45) is 0 Å². The molecule has 0 amide bonds. The minimum absolute atomic E-state index is 0.440. The Balaban J connectivity index is 1.50. The Hall–Kier alpha value is -1.91. The Bertz CT molecular complexity index is 714. The van der Waals surface area contributed by atoms with Crippen LogP contribution in [0, 0.1) is 6.92 Å². The number of thiocarbonyl (C=S) groups is 1. The predicted octanol–water partition coefficient (Wildman–Crippen LogP) is 3.73. The average molecular weight is 340 g/mol. The summed E-state index contributed by atoms with van der Waals surface area (Å²) < 4.78 is 0. The molecule has 2 aromatic carbocycles. The second-order valence-corrected chi connectivity index (χ2v) is 6.90. The Morgan fingerprint density at radius 1 is 1.12 bits per heavy atom. The number of fused-ring (bicyclic) bond motifs is 1. The van der Waals surface area contributed by atoms with E-state index in [2.05, 4.69) is 59.7 Å². The number of nitrogens with zero attached hydrogens (tertiary/aromatic N) is 1.